The summed E-state index contributed by atoms with van der Waals surface area (Å²) in [6.07, 6.45) is 7.06. The zero-order chi connectivity index (χ0) is 25.5. The fraction of sp³-hybridized carbons (Fsp3) is 0.133. The van der Waals surface area contributed by atoms with Gasteiger partial charge in [-0.3, -0.25) is 0 Å². The number of allylic oxidation sites excluding steroid dienone is 6. The summed E-state index contributed by atoms with van der Waals surface area (Å²) in [4.78, 5) is 0.697. The van der Waals surface area contributed by atoms with Crippen LogP contribution in [0, 0.1) is 0 Å². The molecule has 0 atom stereocenters. The molecule has 0 spiro atoms. The standard InChI is InChI=1S/C30H26O4S2/c1-35(31,32)29-19-25(17-27(29)21-10-5-3-6-11-21)23-14-9-15-24(16-23)26-18-28(22-12-7-4-8-13-22)30(20-26)36(2,33)34/h3-16,19-20H,17-18H2,1-2H3. The minimum Gasteiger partial charge on any atom is -0.224 e. The number of hydrogen-bond acceptors (Lipinski definition) is 4. The van der Waals surface area contributed by atoms with Crippen molar-refractivity contribution in [3.05, 3.63) is 129 Å². The van der Waals surface area contributed by atoms with Gasteiger partial charge in [0.25, 0.3) is 0 Å². The molecule has 0 unspecified atom stereocenters. The third kappa shape index (κ3) is 4.79. The van der Waals surface area contributed by atoms with E-state index in [9.17, 15) is 16.8 Å². The fourth-order valence-corrected chi connectivity index (χ4v) is 6.85. The van der Waals surface area contributed by atoms with E-state index in [1.54, 1.807) is 12.2 Å². The van der Waals surface area contributed by atoms with E-state index < -0.39 is 19.7 Å². The summed E-state index contributed by atoms with van der Waals surface area (Å²) >= 11 is 0. The van der Waals surface area contributed by atoms with Crippen LogP contribution in [0.3, 0.4) is 0 Å². The summed E-state index contributed by atoms with van der Waals surface area (Å²) in [6.45, 7) is 0. The highest BCUT2D eigenvalue weighted by atomic mass is 32.2. The Bertz CT molecular complexity index is 1560. The summed E-state index contributed by atoms with van der Waals surface area (Å²) in [7, 11) is -6.82. The van der Waals surface area contributed by atoms with Crippen molar-refractivity contribution in [2.45, 2.75) is 12.8 Å². The molecule has 0 saturated heterocycles. The normalized spacial score (nSPS) is 16.4. The van der Waals surface area contributed by atoms with Gasteiger partial charge >= 0.3 is 0 Å². The van der Waals surface area contributed by atoms with Crippen LogP contribution in [0.4, 0.5) is 0 Å². The van der Waals surface area contributed by atoms with Crippen molar-refractivity contribution in [1.82, 2.24) is 0 Å². The summed E-state index contributed by atoms with van der Waals surface area (Å²) in [6, 6.07) is 27.1. The van der Waals surface area contributed by atoms with Gasteiger partial charge in [-0.15, -0.1) is 0 Å². The van der Waals surface area contributed by atoms with Crippen LogP contribution in [-0.2, 0) is 19.7 Å². The second kappa shape index (κ2) is 9.19. The molecular weight excluding hydrogens is 488 g/mol. The zero-order valence-corrected chi connectivity index (χ0v) is 21.7. The van der Waals surface area contributed by atoms with Crippen LogP contribution in [0.15, 0.2) is 107 Å². The van der Waals surface area contributed by atoms with Crippen LogP contribution in [-0.4, -0.2) is 29.3 Å². The lowest BCUT2D eigenvalue weighted by Crippen LogP contribution is -1.99. The first-order chi connectivity index (χ1) is 17.1. The summed E-state index contributed by atoms with van der Waals surface area (Å²) in [5.74, 6) is 0. The Kier molecular flexibility index (Phi) is 6.18. The Morgan fingerprint density at radius 2 is 0.861 bits per heavy atom. The van der Waals surface area contributed by atoms with Gasteiger partial charge in [0.2, 0.25) is 0 Å². The number of sulfone groups is 2. The van der Waals surface area contributed by atoms with Gasteiger partial charge in [-0.25, -0.2) is 16.8 Å². The predicted octanol–water partition coefficient (Wildman–Crippen LogP) is 6.17. The van der Waals surface area contributed by atoms with Gasteiger partial charge in [-0.2, -0.15) is 0 Å². The summed E-state index contributed by atoms with van der Waals surface area (Å²) in [5, 5.41) is 0. The molecule has 0 bridgehead atoms. The van der Waals surface area contributed by atoms with Gasteiger partial charge in [0.1, 0.15) is 0 Å². The Labute approximate surface area is 212 Å². The molecule has 4 nitrogen and oxygen atoms in total. The zero-order valence-electron chi connectivity index (χ0n) is 20.1. The SMILES string of the molecule is CS(=O)(=O)C1=C(c2ccccc2)CC(c2cccc(C3=CC(S(C)(=O)=O)=C(c4ccccc4)C3)c2)=C1. The molecule has 5 rings (SSSR count). The molecule has 6 heteroatoms. The first-order valence-electron chi connectivity index (χ1n) is 11.6. The van der Waals surface area contributed by atoms with E-state index in [-0.39, 0.29) is 0 Å². The molecule has 0 amide bonds. The fourth-order valence-electron chi connectivity index (χ4n) is 4.87. The predicted molar refractivity (Wildman–Crippen MR) is 148 cm³/mol. The molecule has 0 aromatic heterocycles. The second-order valence-electron chi connectivity index (χ2n) is 9.24. The number of rotatable bonds is 6. The van der Waals surface area contributed by atoms with Crippen molar-refractivity contribution < 1.29 is 16.8 Å². The molecule has 0 radical (unpaired) electrons. The minimum absolute atomic E-state index is 0.349. The van der Waals surface area contributed by atoms with Gasteiger partial charge in [0.05, 0.1) is 9.81 Å². The lowest BCUT2D eigenvalue weighted by atomic mass is 9.94. The molecule has 182 valence electrons. The smallest absolute Gasteiger partial charge is 0.175 e. The van der Waals surface area contributed by atoms with E-state index in [4.69, 9.17) is 0 Å². The Hall–Kier alpha value is -3.48. The molecule has 0 fully saturated rings. The first kappa shape index (κ1) is 24.2. The minimum atomic E-state index is -3.41. The van der Waals surface area contributed by atoms with Crippen molar-refractivity contribution >= 4 is 42.0 Å². The second-order valence-corrected chi connectivity index (χ2v) is 13.2. The molecular formula is C30H26O4S2. The molecule has 0 N–H and O–H groups in total. The average molecular weight is 515 g/mol. The molecule has 0 saturated carbocycles. The van der Waals surface area contributed by atoms with Gasteiger partial charge in [-0.1, -0.05) is 78.9 Å². The lowest BCUT2D eigenvalue weighted by Gasteiger charge is -2.10. The van der Waals surface area contributed by atoms with Crippen molar-refractivity contribution in [3.8, 4) is 0 Å². The Balaban J connectivity index is 1.50. The topological polar surface area (TPSA) is 68.3 Å². The van der Waals surface area contributed by atoms with E-state index in [1.807, 2.05) is 84.9 Å². The average Bonchev–Trinajstić information content (AvgIpc) is 3.51. The van der Waals surface area contributed by atoms with Gasteiger partial charge in [0.15, 0.2) is 19.7 Å². The van der Waals surface area contributed by atoms with Crippen molar-refractivity contribution in [2.75, 3.05) is 12.5 Å². The highest BCUT2D eigenvalue weighted by Crippen LogP contribution is 2.43. The molecule has 2 aliphatic rings. The molecule has 0 aliphatic heterocycles. The Morgan fingerprint density at radius 1 is 0.500 bits per heavy atom. The maximum Gasteiger partial charge on any atom is 0.175 e. The van der Waals surface area contributed by atoms with Gasteiger partial charge < -0.3 is 0 Å². The van der Waals surface area contributed by atoms with Crippen molar-refractivity contribution in [1.29, 1.82) is 0 Å². The summed E-state index contributed by atoms with van der Waals surface area (Å²) in [5.41, 5.74) is 7.09. The van der Waals surface area contributed by atoms with Crippen molar-refractivity contribution in [2.24, 2.45) is 0 Å². The highest BCUT2D eigenvalue weighted by Gasteiger charge is 2.27. The largest absolute Gasteiger partial charge is 0.224 e. The molecule has 3 aromatic rings. The maximum absolute atomic E-state index is 12.6. The van der Waals surface area contributed by atoms with Gasteiger partial charge in [0, 0.05) is 12.5 Å². The molecule has 0 heterocycles. The van der Waals surface area contributed by atoms with Gasteiger partial charge in [-0.05, 0) is 75.6 Å². The lowest BCUT2D eigenvalue weighted by molar-refractivity contribution is 0.607. The van der Waals surface area contributed by atoms with Crippen LogP contribution in [0.25, 0.3) is 22.3 Å². The third-order valence-electron chi connectivity index (χ3n) is 6.59. The van der Waals surface area contributed by atoms with Crippen molar-refractivity contribution in [3.63, 3.8) is 0 Å². The number of hydrogen-bond donors (Lipinski definition) is 0. The number of benzene rings is 3. The molecule has 2 aliphatic carbocycles. The van der Waals surface area contributed by atoms with Crippen LogP contribution >= 0.6 is 0 Å². The van der Waals surface area contributed by atoms with Crippen LogP contribution in [0.2, 0.25) is 0 Å². The van der Waals surface area contributed by atoms with E-state index in [2.05, 4.69) is 0 Å². The Morgan fingerprint density at radius 3 is 1.22 bits per heavy atom. The van der Waals surface area contributed by atoms with E-state index in [1.165, 1.54) is 12.5 Å². The van der Waals surface area contributed by atoms with Crippen LogP contribution in [0.5, 0.6) is 0 Å². The van der Waals surface area contributed by atoms with E-state index in [0.29, 0.717) is 22.7 Å². The van der Waals surface area contributed by atoms with Crippen LogP contribution in [0.1, 0.15) is 35.1 Å². The molecule has 3 aromatic carbocycles. The third-order valence-corrected chi connectivity index (χ3v) is 8.91. The molecule has 36 heavy (non-hydrogen) atoms. The highest BCUT2D eigenvalue weighted by molar-refractivity contribution is 7.95. The maximum atomic E-state index is 12.6. The first-order valence-corrected chi connectivity index (χ1v) is 15.4. The van der Waals surface area contributed by atoms with E-state index >= 15 is 0 Å². The van der Waals surface area contributed by atoms with E-state index in [0.717, 1.165) is 44.5 Å². The quantitative estimate of drug-likeness (QED) is 0.394. The summed E-state index contributed by atoms with van der Waals surface area (Å²) < 4.78 is 50.4. The monoisotopic (exact) mass is 514 g/mol. The van der Waals surface area contributed by atoms with Crippen LogP contribution < -0.4 is 0 Å².